The van der Waals surface area contributed by atoms with Crippen molar-refractivity contribution in [1.29, 1.82) is 0 Å². The molecule has 0 heterocycles. The molecule has 0 bridgehead atoms. The number of hydrogen-bond acceptors (Lipinski definition) is 3. The van der Waals surface area contributed by atoms with Crippen molar-refractivity contribution in [2.45, 2.75) is 39.8 Å². The van der Waals surface area contributed by atoms with Crippen LogP contribution < -0.4 is 16.0 Å². The smallest absolute Gasteiger partial charge is 0.243 e. The standard InChI is InChI=1S/C21H25F2N3O2/c1-12-6-5-7-13(2)20(12)26-19(27)11-24-21(28)15(4)25-14(3)17-9-8-16(22)10-18(17)23/h5-10,14-15,25H,11H2,1-4H3,(H,24,28)(H,26,27)/t14-,15-/m0/s1. The van der Waals surface area contributed by atoms with Gasteiger partial charge in [0.25, 0.3) is 0 Å². The first-order valence-corrected chi connectivity index (χ1v) is 9.03. The molecule has 5 nitrogen and oxygen atoms in total. The van der Waals surface area contributed by atoms with Crippen molar-refractivity contribution < 1.29 is 18.4 Å². The van der Waals surface area contributed by atoms with E-state index >= 15 is 0 Å². The van der Waals surface area contributed by atoms with Crippen molar-refractivity contribution in [3.05, 3.63) is 64.7 Å². The number of para-hydroxylation sites is 1. The summed E-state index contributed by atoms with van der Waals surface area (Å²) in [4.78, 5) is 24.4. The highest BCUT2D eigenvalue weighted by Gasteiger charge is 2.19. The van der Waals surface area contributed by atoms with E-state index in [2.05, 4.69) is 16.0 Å². The van der Waals surface area contributed by atoms with Gasteiger partial charge in [-0.05, 0) is 44.9 Å². The molecule has 150 valence electrons. The Morgan fingerprint density at radius 3 is 2.29 bits per heavy atom. The largest absolute Gasteiger partial charge is 0.346 e. The lowest BCUT2D eigenvalue weighted by molar-refractivity contribution is -0.125. The molecule has 0 aliphatic carbocycles. The lowest BCUT2D eigenvalue weighted by atomic mass is 10.1. The molecule has 0 spiro atoms. The number of anilines is 1. The third kappa shape index (κ3) is 5.60. The summed E-state index contributed by atoms with van der Waals surface area (Å²) in [6.07, 6.45) is 0. The monoisotopic (exact) mass is 389 g/mol. The maximum atomic E-state index is 13.8. The number of nitrogens with one attached hydrogen (secondary N) is 3. The van der Waals surface area contributed by atoms with Crippen LogP contribution in [0.15, 0.2) is 36.4 Å². The van der Waals surface area contributed by atoms with Gasteiger partial charge in [0.15, 0.2) is 0 Å². The minimum atomic E-state index is -0.680. The topological polar surface area (TPSA) is 70.2 Å². The van der Waals surface area contributed by atoms with Crippen molar-refractivity contribution in [2.24, 2.45) is 0 Å². The minimum Gasteiger partial charge on any atom is -0.346 e. The number of aryl methyl sites for hydroxylation is 2. The summed E-state index contributed by atoms with van der Waals surface area (Å²) in [5, 5.41) is 8.29. The molecule has 2 aromatic rings. The molecule has 2 amide bonds. The number of carbonyl (C=O) groups excluding carboxylic acids is 2. The Bertz CT molecular complexity index is 850. The molecule has 3 N–H and O–H groups in total. The average molecular weight is 389 g/mol. The predicted octanol–water partition coefficient (Wildman–Crippen LogP) is 3.38. The van der Waals surface area contributed by atoms with Crippen LogP contribution in [0, 0.1) is 25.5 Å². The zero-order valence-electron chi connectivity index (χ0n) is 16.4. The summed E-state index contributed by atoms with van der Waals surface area (Å²) in [6.45, 7) is 6.88. The van der Waals surface area contributed by atoms with E-state index in [1.54, 1.807) is 13.8 Å². The van der Waals surface area contributed by atoms with Gasteiger partial charge in [-0.2, -0.15) is 0 Å². The average Bonchev–Trinajstić information content (AvgIpc) is 2.62. The van der Waals surface area contributed by atoms with Crippen LogP contribution in [0.3, 0.4) is 0 Å². The van der Waals surface area contributed by atoms with Gasteiger partial charge in [0.1, 0.15) is 11.6 Å². The number of halogens is 2. The van der Waals surface area contributed by atoms with Crippen LogP contribution in [0.5, 0.6) is 0 Å². The highest BCUT2D eigenvalue weighted by molar-refractivity contribution is 5.96. The van der Waals surface area contributed by atoms with E-state index in [1.165, 1.54) is 12.1 Å². The van der Waals surface area contributed by atoms with Gasteiger partial charge in [-0.1, -0.05) is 24.3 Å². The molecule has 2 aromatic carbocycles. The fourth-order valence-corrected chi connectivity index (χ4v) is 2.91. The molecular formula is C21H25F2N3O2. The minimum absolute atomic E-state index is 0.183. The zero-order chi connectivity index (χ0) is 20.8. The Morgan fingerprint density at radius 1 is 1.04 bits per heavy atom. The fourth-order valence-electron chi connectivity index (χ4n) is 2.91. The molecule has 28 heavy (non-hydrogen) atoms. The van der Waals surface area contributed by atoms with E-state index in [9.17, 15) is 18.4 Å². The normalized spacial score (nSPS) is 12.9. The Morgan fingerprint density at radius 2 is 1.68 bits per heavy atom. The van der Waals surface area contributed by atoms with E-state index in [0.717, 1.165) is 22.9 Å². The number of carbonyl (C=O) groups is 2. The van der Waals surface area contributed by atoms with Crippen LogP contribution in [-0.4, -0.2) is 24.4 Å². The Kier molecular flexibility index (Phi) is 7.23. The molecule has 0 fully saturated rings. The van der Waals surface area contributed by atoms with E-state index in [-0.39, 0.29) is 18.0 Å². The molecular weight excluding hydrogens is 364 g/mol. The molecule has 2 rings (SSSR count). The summed E-state index contributed by atoms with van der Waals surface area (Å²) in [5.41, 5.74) is 2.86. The molecule has 0 aromatic heterocycles. The number of hydrogen-bond donors (Lipinski definition) is 3. The summed E-state index contributed by atoms with van der Waals surface area (Å²) in [5.74, 6) is -2.07. The fraction of sp³-hybridized carbons (Fsp3) is 0.333. The van der Waals surface area contributed by atoms with Crippen LogP contribution in [0.1, 0.15) is 36.6 Å². The summed E-state index contributed by atoms with van der Waals surface area (Å²) in [6, 6.07) is 7.81. The molecule has 0 unspecified atom stereocenters. The number of amides is 2. The van der Waals surface area contributed by atoms with Crippen molar-refractivity contribution in [2.75, 3.05) is 11.9 Å². The highest BCUT2D eigenvalue weighted by Crippen LogP contribution is 2.19. The maximum Gasteiger partial charge on any atom is 0.243 e. The number of benzene rings is 2. The molecule has 0 saturated heterocycles. The first-order chi connectivity index (χ1) is 13.2. The highest BCUT2D eigenvalue weighted by atomic mass is 19.1. The second-order valence-electron chi connectivity index (χ2n) is 6.81. The molecule has 0 aliphatic heterocycles. The zero-order valence-corrected chi connectivity index (χ0v) is 16.4. The summed E-state index contributed by atoms with van der Waals surface area (Å²) >= 11 is 0. The van der Waals surface area contributed by atoms with Crippen molar-refractivity contribution in [3.8, 4) is 0 Å². The predicted molar refractivity (Wildman–Crippen MR) is 105 cm³/mol. The van der Waals surface area contributed by atoms with Gasteiger partial charge in [-0.3, -0.25) is 14.9 Å². The van der Waals surface area contributed by atoms with Crippen molar-refractivity contribution in [1.82, 2.24) is 10.6 Å². The van der Waals surface area contributed by atoms with E-state index in [4.69, 9.17) is 0 Å². The lowest BCUT2D eigenvalue weighted by Gasteiger charge is -2.20. The van der Waals surface area contributed by atoms with E-state index < -0.39 is 29.6 Å². The molecule has 2 atom stereocenters. The second-order valence-corrected chi connectivity index (χ2v) is 6.81. The molecule has 0 radical (unpaired) electrons. The van der Waals surface area contributed by atoms with Gasteiger partial charge in [-0.25, -0.2) is 8.78 Å². The molecule has 0 aliphatic rings. The van der Waals surface area contributed by atoms with Crippen molar-refractivity contribution in [3.63, 3.8) is 0 Å². The maximum absolute atomic E-state index is 13.8. The van der Waals surface area contributed by atoms with E-state index in [1.807, 2.05) is 32.0 Å². The van der Waals surface area contributed by atoms with Crippen LogP contribution in [0.25, 0.3) is 0 Å². The molecule has 0 saturated carbocycles. The lowest BCUT2D eigenvalue weighted by Crippen LogP contribution is -2.45. The van der Waals surface area contributed by atoms with Gasteiger partial charge < -0.3 is 10.6 Å². The Balaban J connectivity index is 1.87. The summed E-state index contributed by atoms with van der Waals surface area (Å²) in [7, 11) is 0. The Labute approximate surface area is 163 Å². The van der Waals surface area contributed by atoms with Gasteiger partial charge in [0.05, 0.1) is 12.6 Å². The van der Waals surface area contributed by atoms with Crippen LogP contribution in [-0.2, 0) is 9.59 Å². The number of rotatable bonds is 7. The first kappa shape index (κ1) is 21.5. The van der Waals surface area contributed by atoms with Crippen LogP contribution in [0.2, 0.25) is 0 Å². The SMILES string of the molecule is Cc1cccc(C)c1NC(=O)CNC(=O)[C@H](C)N[C@@H](C)c1ccc(F)cc1F. The quantitative estimate of drug-likeness (QED) is 0.680. The summed E-state index contributed by atoms with van der Waals surface area (Å²) < 4.78 is 26.9. The third-order valence-electron chi connectivity index (χ3n) is 4.49. The van der Waals surface area contributed by atoms with Gasteiger partial charge in [-0.15, -0.1) is 0 Å². The first-order valence-electron chi connectivity index (χ1n) is 9.03. The van der Waals surface area contributed by atoms with Crippen LogP contribution in [0.4, 0.5) is 14.5 Å². The van der Waals surface area contributed by atoms with Crippen molar-refractivity contribution >= 4 is 17.5 Å². The molecule has 7 heteroatoms. The van der Waals surface area contributed by atoms with Gasteiger partial charge in [0, 0.05) is 23.4 Å². The Hall–Kier alpha value is -2.80. The van der Waals surface area contributed by atoms with Gasteiger partial charge >= 0.3 is 0 Å². The van der Waals surface area contributed by atoms with Gasteiger partial charge in [0.2, 0.25) is 11.8 Å². The third-order valence-corrected chi connectivity index (χ3v) is 4.49. The second kappa shape index (κ2) is 9.41. The van der Waals surface area contributed by atoms with E-state index in [0.29, 0.717) is 0 Å². The van der Waals surface area contributed by atoms with Crippen LogP contribution >= 0.6 is 0 Å².